The highest BCUT2D eigenvalue weighted by atomic mass is 19.4. The Morgan fingerprint density at radius 3 is 2.59 bits per heavy atom. The molecule has 1 saturated heterocycles. The second-order valence-corrected chi connectivity index (χ2v) is 7.06. The van der Waals surface area contributed by atoms with Gasteiger partial charge in [0, 0.05) is 33.1 Å². The Morgan fingerprint density at radius 2 is 1.83 bits per heavy atom. The van der Waals surface area contributed by atoms with E-state index in [0.717, 1.165) is 18.6 Å². The second kappa shape index (κ2) is 7.42. The van der Waals surface area contributed by atoms with Gasteiger partial charge < -0.3 is 14.5 Å². The highest BCUT2D eigenvalue weighted by Gasteiger charge is 2.32. The molecule has 4 rings (SSSR count). The number of carbonyl (C=O) groups is 1. The maximum atomic E-state index is 13.1. The molecule has 0 atom stereocenters. The number of fused-ring (bicyclic) bond motifs is 2. The van der Waals surface area contributed by atoms with Crippen molar-refractivity contribution in [3.8, 4) is 11.5 Å². The molecule has 2 aliphatic rings. The Balaban J connectivity index is 1.76. The first-order chi connectivity index (χ1) is 13.8. The maximum absolute atomic E-state index is 13.1. The summed E-state index contributed by atoms with van der Waals surface area (Å²) in [4.78, 5) is 20.3. The van der Waals surface area contributed by atoms with E-state index >= 15 is 0 Å². The fourth-order valence-electron chi connectivity index (χ4n) is 3.58. The van der Waals surface area contributed by atoms with E-state index < -0.39 is 11.7 Å². The molecule has 5 nitrogen and oxygen atoms in total. The van der Waals surface area contributed by atoms with Crippen LogP contribution in [0.15, 0.2) is 47.5 Å². The molecule has 0 N–H and O–H groups in total. The minimum Gasteiger partial charge on any atom is -0.454 e. The SMILES string of the molecule is CC(=O)N1CCCN(C2=Nc3ccc(C(F)(F)F)cc3Oc3ccccc32)CC1. The summed E-state index contributed by atoms with van der Waals surface area (Å²) in [5.41, 5.74) is 0.282. The fourth-order valence-corrected chi connectivity index (χ4v) is 3.58. The monoisotopic (exact) mass is 403 g/mol. The number of carbonyl (C=O) groups excluding carboxylic acids is 1. The van der Waals surface area contributed by atoms with Crippen molar-refractivity contribution in [3.63, 3.8) is 0 Å². The molecule has 0 spiro atoms. The standard InChI is InChI=1S/C21H20F3N3O2/c1-14(28)26-9-4-10-27(12-11-26)20-16-5-2-3-6-18(16)29-19-13-15(21(22,23)24)7-8-17(19)25-20/h2-3,5-8,13H,4,9-12H2,1H3. The van der Waals surface area contributed by atoms with Crippen molar-refractivity contribution in [2.45, 2.75) is 19.5 Å². The quantitative estimate of drug-likeness (QED) is 0.653. The topological polar surface area (TPSA) is 45.1 Å². The Labute approximate surface area is 166 Å². The number of ether oxygens (including phenoxy) is 1. The smallest absolute Gasteiger partial charge is 0.416 e. The lowest BCUT2D eigenvalue weighted by Crippen LogP contribution is -2.36. The van der Waals surface area contributed by atoms with Crippen molar-refractivity contribution >= 4 is 17.4 Å². The third kappa shape index (κ3) is 3.92. The van der Waals surface area contributed by atoms with Gasteiger partial charge in [-0.05, 0) is 36.8 Å². The first-order valence-electron chi connectivity index (χ1n) is 9.40. The van der Waals surface area contributed by atoms with E-state index in [4.69, 9.17) is 4.74 Å². The van der Waals surface area contributed by atoms with Gasteiger partial charge in [0.1, 0.15) is 17.3 Å². The number of benzene rings is 2. The number of amides is 1. The second-order valence-electron chi connectivity index (χ2n) is 7.06. The third-order valence-electron chi connectivity index (χ3n) is 5.10. The zero-order valence-corrected chi connectivity index (χ0v) is 15.9. The first-order valence-corrected chi connectivity index (χ1v) is 9.40. The van der Waals surface area contributed by atoms with Crippen molar-refractivity contribution < 1.29 is 22.7 Å². The highest BCUT2D eigenvalue weighted by Crippen LogP contribution is 2.41. The van der Waals surface area contributed by atoms with E-state index in [-0.39, 0.29) is 11.7 Å². The van der Waals surface area contributed by atoms with Crippen LogP contribution in [-0.4, -0.2) is 47.7 Å². The van der Waals surface area contributed by atoms with Gasteiger partial charge >= 0.3 is 6.18 Å². The summed E-state index contributed by atoms with van der Waals surface area (Å²) in [6.07, 6.45) is -3.68. The van der Waals surface area contributed by atoms with Crippen molar-refractivity contribution in [3.05, 3.63) is 53.6 Å². The van der Waals surface area contributed by atoms with Gasteiger partial charge in [0.05, 0.1) is 11.1 Å². The lowest BCUT2D eigenvalue weighted by molar-refractivity contribution is -0.137. The van der Waals surface area contributed by atoms with Crippen molar-refractivity contribution in [2.75, 3.05) is 26.2 Å². The molecule has 1 amide bonds. The minimum absolute atomic E-state index is 0.0309. The predicted molar refractivity (Wildman–Crippen MR) is 103 cm³/mol. The fraction of sp³-hybridized carbons (Fsp3) is 0.333. The van der Waals surface area contributed by atoms with E-state index in [2.05, 4.69) is 9.89 Å². The van der Waals surface area contributed by atoms with Gasteiger partial charge in [-0.3, -0.25) is 4.79 Å². The molecule has 0 aromatic heterocycles. The number of halogens is 3. The van der Waals surface area contributed by atoms with Gasteiger partial charge in [-0.25, -0.2) is 4.99 Å². The number of para-hydroxylation sites is 1. The van der Waals surface area contributed by atoms with Crippen molar-refractivity contribution in [1.29, 1.82) is 0 Å². The molecule has 29 heavy (non-hydrogen) atoms. The minimum atomic E-state index is -4.46. The zero-order chi connectivity index (χ0) is 20.6. The average molecular weight is 403 g/mol. The van der Waals surface area contributed by atoms with Gasteiger partial charge in [0.2, 0.25) is 5.91 Å². The number of rotatable bonds is 0. The van der Waals surface area contributed by atoms with Gasteiger partial charge in [-0.1, -0.05) is 12.1 Å². The van der Waals surface area contributed by atoms with Gasteiger partial charge in [-0.15, -0.1) is 0 Å². The molecular weight excluding hydrogens is 383 g/mol. The summed E-state index contributed by atoms with van der Waals surface area (Å²) < 4.78 is 45.3. The number of hydrogen-bond acceptors (Lipinski definition) is 4. The third-order valence-corrected chi connectivity index (χ3v) is 5.10. The van der Waals surface area contributed by atoms with Crippen LogP contribution in [0.5, 0.6) is 11.5 Å². The van der Waals surface area contributed by atoms with Gasteiger partial charge in [0.25, 0.3) is 0 Å². The molecule has 2 aromatic carbocycles. The van der Waals surface area contributed by atoms with Crippen LogP contribution in [0.1, 0.15) is 24.5 Å². The van der Waals surface area contributed by atoms with E-state index in [9.17, 15) is 18.0 Å². The Bertz CT molecular complexity index is 972. The largest absolute Gasteiger partial charge is 0.454 e. The van der Waals surface area contributed by atoms with Crippen LogP contribution in [-0.2, 0) is 11.0 Å². The van der Waals surface area contributed by atoms with Crippen molar-refractivity contribution in [2.24, 2.45) is 4.99 Å². The summed E-state index contributed by atoms with van der Waals surface area (Å²) in [7, 11) is 0. The molecule has 0 unspecified atom stereocenters. The number of nitrogens with zero attached hydrogens (tertiary/aromatic N) is 3. The van der Waals surface area contributed by atoms with E-state index in [1.165, 1.54) is 6.07 Å². The lowest BCUT2D eigenvalue weighted by Gasteiger charge is -2.25. The first kappa shape index (κ1) is 19.3. The normalized spacial score (nSPS) is 16.8. The lowest BCUT2D eigenvalue weighted by atomic mass is 10.1. The molecule has 8 heteroatoms. The summed E-state index contributed by atoms with van der Waals surface area (Å²) in [6, 6.07) is 10.5. The molecule has 2 heterocycles. The van der Waals surface area contributed by atoms with E-state index in [1.807, 2.05) is 12.1 Å². The molecular formula is C21H20F3N3O2. The molecule has 0 saturated carbocycles. The maximum Gasteiger partial charge on any atom is 0.416 e. The molecule has 1 fully saturated rings. The number of aliphatic imine (C=N–C) groups is 1. The summed E-state index contributed by atoms with van der Waals surface area (Å²) >= 11 is 0. The van der Waals surface area contributed by atoms with Crippen LogP contribution < -0.4 is 4.74 Å². The van der Waals surface area contributed by atoms with Gasteiger partial charge in [-0.2, -0.15) is 13.2 Å². The van der Waals surface area contributed by atoms with Crippen LogP contribution >= 0.6 is 0 Å². The van der Waals surface area contributed by atoms with E-state index in [1.54, 1.807) is 24.0 Å². The summed E-state index contributed by atoms with van der Waals surface area (Å²) in [5, 5.41) is 0. The Hall–Kier alpha value is -3.03. The molecule has 2 aliphatic heterocycles. The van der Waals surface area contributed by atoms with Crippen LogP contribution in [0.3, 0.4) is 0 Å². The summed E-state index contributed by atoms with van der Waals surface area (Å²) in [5.74, 6) is 1.20. The highest BCUT2D eigenvalue weighted by molar-refractivity contribution is 6.03. The molecule has 0 radical (unpaired) electrons. The number of amidine groups is 1. The molecule has 0 bridgehead atoms. The van der Waals surface area contributed by atoms with Crippen LogP contribution in [0.2, 0.25) is 0 Å². The molecule has 152 valence electrons. The number of alkyl halides is 3. The van der Waals surface area contributed by atoms with E-state index in [0.29, 0.717) is 49.0 Å². The van der Waals surface area contributed by atoms with Gasteiger partial charge in [0.15, 0.2) is 5.75 Å². The summed E-state index contributed by atoms with van der Waals surface area (Å²) in [6.45, 7) is 4.06. The average Bonchev–Trinajstić information content (AvgIpc) is 3.01. The van der Waals surface area contributed by atoms with Crippen molar-refractivity contribution in [1.82, 2.24) is 9.80 Å². The van der Waals surface area contributed by atoms with Crippen LogP contribution in [0, 0.1) is 0 Å². The predicted octanol–water partition coefficient (Wildman–Crippen LogP) is 4.44. The van der Waals surface area contributed by atoms with Crippen LogP contribution in [0.25, 0.3) is 0 Å². The Morgan fingerprint density at radius 1 is 1.03 bits per heavy atom. The number of hydrogen-bond donors (Lipinski definition) is 0. The zero-order valence-electron chi connectivity index (χ0n) is 15.9. The van der Waals surface area contributed by atoms with Crippen LogP contribution in [0.4, 0.5) is 18.9 Å². The molecule has 0 aliphatic carbocycles. The Kier molecular flexibility index (Phi) is 4.94. The molecule has 2 aromatic rings.